The number of methoxy groups -OCH3 is 1. The standard InChI is InChI=1S/C26H22N2O5S/c1-32-26(31)17-8-12-18(13-9-17)27-24(29)21-22(16-10-14-20(34-2)15-11-16)28(33-23(21)25(27)30)19-6-4-3-5-7-19/h3-15,21-23H,1-2H3/t21-,22+,23+/m0/s1. The van der Waals surface area contributed by atoms with E-state index in [0.29, 0.717) is 11.3 Å². The number of carbonyl (C=O) groups is 3. The van der Waals surface area contributed by atoms with Gasteiger partial charge in [0, 0.05) is 4.90 Å². The van der Waals surface area contributed by atoms with Crippen molar-refractivity contribution < 1.29 is 24.0 Å². The van der Waals surface area contributed by atoms with E-state index >= 15 is 0 Å². The number of hydrogen-bond donors (Lipinski definition) is 0. The number of rotatable bonds is 5. The molecule has 8 heteroatoms. The number of amides is 2. The highest BCUT2D eigenvalue weighted by Gasteiger charge is 2.60. The van der Waals surface area contributed by atoms with Crippen LogP contribution in [0, 0.1) is 5.92 Å². The fraction of sp³-hybridized carbons (Fsp3) is 0.192. The van der Waals surface area contributed by atoms with Gasteiger partial charge in [-0.2, -0.15) is 0 Å². The van der Waals surface area contributed by atoms with Crippen LogP contribution in [0.3, 0.4) is 0 Å². The van der Waals surface area contributed by atoms with E-state index in [4.69, 9.17) is 9.57 Å². The molecule has 2 amide bonds. The SMILES string of the molecule is COC(=O)c1ccc(N2C(=O)[C@H]3[C@@H](c4ccc(SC)cc4)N(c4ccccc4)O[C@H]3C2=O)cc1. The van der Waals surface area contributed by atoms with Crippen molar-refractivity contribution in [2.45, 2.75) is 17.0 Å². The number of para-hydroxylation sites is 1. The Balaban J connectivity index is 1.52. The molecule has 2 fully saturated rings. The van der Waals surface area contributed by atoms with Crippen LogP contribution in [-0.2, 0) is 19.2 Å². The summed E-state index contributed by atoms with van der Waals surface area (Å²) in [5.74, 6) is -1.96. The minimum atomic E-state index is -0.946. The lowest BCUT2D eigenvalue weighted by Crippen LogP contribution is -2.37. The Morgan fingerprint density at radius 1 is 0.882 bits per heavy atom. The smallest absolute Gasteiger partial charge is 0.337 e. The first kappa shape index (κ1) is 22.2. The number of thioether (sulfide) groups is 1. The van der Waals surface area contributed by atoms with Gasteiger partial charge in [-0.05, 0) is 60.4 Å². The summed E-state index contributed by atoms with van der Waals surface area (Å²) >= 11 is 1.63. The van der Waals surface area contributed by atoms with Gasteiger partial charge in [-0.3, -0.25) is 14.4 Å². The molecule has 0 aromatic heterocycles. The number of hydroxylamine groups is 1. The zero-order chi connectivity index (χ0) is 23.8. The van der Waals surface area contributed by atoms with Gasteiger partial charge in [0.05, 0.1) is 30.1 Å². The van der Waals surface area contributed by atoms with Gasteiger partial charge in [0.25, 0.3) is 5.91 Å². The van der Waals surface area contributed by atoms with E-state index in [1.54, 1.807) is 29.0 Å². The number of imide groups is 1. The first-order valence-corrected chi connectivity index (χ1v) is 12.0. The van der Waals surface area contributed by atoms with E-state index in [0.717, 1.165) is 21.0 Å². The third-order valence-corrected chi connectivity index (χ3v) is 6.87. The third-order valence-electron chi connectivity index (χ3n) is 6.13. The molecule has 2 aliphatic heterocycles. The second-order valence-corrected chi connectivity index (χ2v) is 8.86. The Morgan fingerprint density at radius 2 is 1.56 bits per heavy atom. The van der Waals surface area contributed by atoms with E-state index in [2.05, 4.69) is 0 Å². The largest absolute Gasteiger partial charge is 0.465 e. The van der Waals surface area contributed by atoms with Crippen LogP contribution in [0.15, 0.2) is 83.8 Å². The highest BCUT2D eigenvalue weighted by atomic mass is 32.2. The van der Waals surface area contributed by atoms with Crippen LogP contribution in [0.1, 0.15) is 22.0 Å². The van der Waals surface area contributed by atoms with E-state index in [9.17, 15) is 14.4 Å². The van der Waals surface area contributed by atoms with Crippen molar-refractivity contribution in [3.05, 3.63) is 90.0 Å². The Bertz CT molecular complexity index is 1230. The highest BCUT2D eigenvalue weighted by Crippen LogP contribution is 2.47. The number of carbonyl (C=O) groups excluding carboxylic acids is 3. The van der Waals surface area contributed by atoms with Gasteiger partial charge >= 0.3 is 5.97 Å². The van der Waals surface area contributed by atoms with Crippen molar-refractivity contribution in [2.24, 2.45) is 5.92 Å². The van der Waals surface area contributed by atoms with Crippen molar-refractivity contribution in [1.82, 2.24) is 0 Å². The average molecular weight is 475 g/mol. The summed E-state index contributed by atoms with van der Waals surface area (Å²) in [6.07, 6.45) is 1.06. The molecule has 0 N–H and O–H groups in total. The fourth-order valence-electron chi connectivity index (χ4n) is 4.47. The molecule has 2 saturated heterocycles. The summed E-state index contributed by atoms with van der Waals surface area (Å²) in [4.78, 5) is 47.2. The zero-order valence-corrected chi connectivity index (χ0v) is 19.4. The van der Waals surface area contributed by atoms with Crippen LogP contribution in [-0.4, -0.2) is 37.3 Å². The monoisotopic (exact) mass is 474 g/mol. The summed E-state index contributed by atoms with van der Waals surface area (Å²) in [7, 11) is 1.30. The topological polar surface area (TPSA) is 76.2 Å². The van der Waals surface area contributed by atoms with Crippen LogP contribution in [0.5, 0.6) is 0 Å². The maximum atomic E-state index is 13.7. The molecule has 0 saturated carbocycles. The Morgan fingerprint density at radius 3 is 2.18 bits per heavy atom. The van der Waals surface area contributed by atoms with Gasteiger partial charge in [-0.25, -0.2) is 14.8 Å². The number of nitrogens with zero attached hydrogens (tertiary/aromatic N) is 2. The van der Waals surface area contributed by atoms with E-state index in [1.165, 1.54) is 19.2 Å². The number of anilines is 2. The second kappa shape index (κ2) is 8.96. The number of esters is 1. The van der Waals surface area contributed by atoms with Crippen LogP contribution in [0.4, 0.5) is 11.4 Å². The first-order chi connectivity index (χ1) is 16.5. The van der Waals surface area contributed by atoms with Crippen molar-refractivity contribution in [2.75, 3.05) is 23.3 Å². The predicted octanol–water partition coefficient (Wildman–Crippen LogP) is 4.25. The van der Waals surface area contributed by atoms with Crippen LogP contribution >= 0.6 is 11.8 Å². The molecule has 0 aliphatic carbocycles. The second-order valence-electron chi connectivity index (χ2n) is 7.98. The van der Waals surface area contributed by atoms with E-state index in [-0.39, 0.29) is 5.91 Å². The molecule has 3 aromatic rings. The minimum absolute atomic E-state index is 0.335. The molecule has 2 heterocycles. The lowest BCUT2D eigenvalue weighted by molar-refractivity contribution is -0.126. The fourth-order valence-corrected chi connectivity index (χ4v) is 4.88. The minimum Gasteiger partial charge on any atom is -0.465 e. The molecular formula is C26H22N2O5S. The Hall–Kier alpha value is -3.62. The van der Waals surface area contributed by atoms with E-state index < -0.39 is 29.9 Å². The van der Waals surface area contributed by atoms with Gasteiger partial charge in [-0.1, -0.05) is 30.3 Å². The van der Waals surface area contributed by atoms with Gasteiger partial charge in [-0.15, -0.1) is 11.8 Å². The summed E-state index contributed by atoms with van der Waals surface area (Å²) in [6, 6.07) is 23.1. The van der Waals surface area contributed by atoms with E-state index in [1.807, 2.05) is 60.9 Å². The number of ether oxygens (including phenoxy) is 1. The van der Waals surface area contributed by atoms with Crippen LogP contribution < -0.4 is 9.96 Å². The average Bonchev–Trinajstić information content (AvgIpc) is 3.40. The number of fused-ring (bicyclic) bond motifs is 1. The van der Waals surface area contributed by atoms with Gasteiger partial charge < -0.3 is 4.74 Å². The highest BCUT2D eigenvalue weighted by molar-refractivity contribution is 7.98. The predicted molar refractivity (Wildman–Crippen MR) is 129 cm³/mol. The van der Waals surface area contributed by atoms with Crippen molar-refractivity contribution >= 4 is 40.9 Å². The molecule has 5 rings (SSSR count). The number of hydrogen-bond acceptors (Lipinski definition) is 7. The molecule has 34 heavy (non-hydrogen) atoms. The molecular weight excluding hydrogens is 452 g/mol. The van der Waals surface area contributed by atoms with Gasteiger partial charge in [0.1, 0.15) is 5.92 Å². The molecule has 0 bridgehead atoms. The summed E-state index contributed by atoms with van der Waals surface area (Å²) in [5.41, 5.74) is 2.39. The summed E-state index contributed by atoms with van der Waals surface area (Å²) in [6.45, 7) is 0. The van der Waals surface area contributed by atoms with Crippen LogP contribution in [0.25, 0.3) is 0 Å². The van der Waals surface area contributed by atoms with Crippen molar-refractivity contribution in [3.8, 4) is 0 Å². The molecule has 2 aliphatic rings. The quantitative estimate of drug-likeness (QED) is 0.311. The molecule has 3 aromatic carbocycles. The molecule has 0 unspecified atom stereocenters. The van der Waals surface area contributed by atoms with Crippen molar-refractivity contribution in [1.29, 1.82) is 0 Å². The molecule has 7 nitrogen and oxygen atoms in total. The number of benzene rings is 3. The maximum Gasteiger partial charge on any atom is 0.337 e. The lowest BCUT2D eigenvalue weighted by atomic mass is 9.90. The Kier molecular flexibility index (Phi) is 5.85. The first-order valence-electron chi connectivity index (χ1n) is 10.7. The molecule has 3 atom stereocenters. The summed E-state index contributed by atoms with van der Waals surface area (Å²) in [5, 5.41) is 1.68. The van der Waals surface area contributed by atoms with Crippen LogP contribution in [0.2, 0.25) is 0 Å². The molecule has 172 valence electrons. The zero-order valence-electron chi connectivity index (χ0n) is 18.6. The normalized spacial score (nSPS) is 21.6. The lowest BCUT2D eigenvalue weighted by Gasteiger charge is -2.28. The molecule has 0 spiro atoms. The summed E-state index contributed by atoms with van der Waals surface area (Å²) < 4.78 is 4.72. The van der Waals surface area contributed by atoms with Gasteiger partial charge in [0.2, 0.25) is 5.91 Å². The third kappa shape index (κ3) is 3.65. The maximum absolute atomic E-state index is 13.7. The van der Waals surface area contributed by atoms with Gasteiger partial charge in [0.15, 0.2) is 6.10 Å². The molecule has 0 radical (unpaired) electrons. The Labute approximate surface area is 201 Å². The van der Waals surface area contributed by atoms with Crippen molar-refractivity contribution in [3.63, 3.8) is 0 Å².